The summed E-state index contributed by atoms with van der Waals surface area (Å²) >= 11 is 0. The number of rotatable bonds is 6. The molecular weight excluding hydrogens is 266 g/mol. The second-order valence-electron chi connectivity index (χ2n) is 4.41. The molecule has 0 saturated heterocycles. The summed E-state index contributed by atoms with van der Waals surface area (Å²) in [5, 5.41) is 12.5. The molecule has 0 radical (unpaired) electrons. The predicted molar refractivity (Wildman–Crippen MR) is 85.2 cm³/mol. The molecule has 0 amide bonds. The molecule has 0 aliphatic carbocycles. The van der Waals surface area contributed by atoms with Gasteiger partial charge in [0.15, 0.2) is 11.5 Å². The van der Waals surface area contributed by atoms with Crippen molar-refractivity contribution >= 4 is 11.8 Å². The standard InChI is InChI=1S/C17H19NO3/c1-20-16-7-3-5-13(17(16)21-2)6-4-12-18-14-8-10-15(19)11-9-14/h3-11,18-19H,12H2,1-2H3. The molecule has 2 aromatic carbocycles. The van der Waals surface area contributed by atoms with E-state index in [0.29, 0.717) is 12.3 Å². The topological polar surface area (TPSA) is 50.7 Å². The van der Waals surface area contributed by atoms with Crippen molar-refractivity contribution in [3.63, 3.8) is 0 Å². The predicted octanol–water partition coefficient (Wildman–Crippen LogP) is 3.53. The number of ether oxygens (including phenoxy) is 2. The molecular formula is C17H19NO3. The van der Waals surface area contributed by atoms with Crippen LogP contribution in [0.15, 0.2) is 48.5 Å². The molecule has 110 valence electrons. The first-order valence-corrected chi connectivity index (χ1v) is 6.65. The van der Waals surface area contributed by atoms with Gasteiger partial charge in [-0.15, -0.1) is 0 Å². The van der Waals surface area contributed by atoms with Crippen LogP contribution < -0.4 is 14.8 Å². The number of nitrogens with one attached hydrogen (secondary N) is 1. The fourth-order valence-electron chi connectivity index (χ4n) is 1.99. The highest BCUT2D eigenvalue weighted by Crippen LogP contribution is 2.31. The van der Waals surface area contributed by atoms with E-state index in [1.165, 1.54) is 0 Å². The van der Waals surface area contributed by atoms with E-state index in [1.807, 2.05) is 42.5 Å². The molecule has 0 atom stereocenters. The number of methoxy groups -OCH3 is 2. The molecule has 4 heteroatoms. The Morgan fingerprint density at radius 3 is 2.48 bits per heavy atom. The molecule has 0 fully saturated rings. The van der Waals surface area contributed by atoms with Gasteiger partial charge in [0, 0.05) is 17.8 Å². The van der Waals surface area contributed by atoms with E-state index in [4.69, 9.17) is 9.47 Å². The zero-order chi connectivity index (χ0) is 15.1. The van der Waals surface area contributed by atoms with E-state index in [0.717, 1.165) is 17.0 Å². The summed E-state index contributed by atoms with van der Waals surface area (Å²) in [6, 6.07) is 12.7. The number of para-hydroxylation sites is 1. The minimum absolute atomic E-state index is 0.261. The van der Waals surface area contributed by atoms with Gasteiger partial charge < -0.3 is 19.9 Å². The largest absolute Gasteiger partial charge is 0.508 e. The fraction of sp³-hybridized carbons (Fsp3) is 0.176. The zero-order valence-corrected chi connectivity index (χ0v) is 12.2. The smallest absolute Gasteiger partial charge is 0.167 e. The van der Waals surface area contributed by atoms with Gasteiger partial charge in [-0.25, -0.2) is 0 Å². The summed E-state index contributed by atoms with van der Waals surface area (Å²) in [6.45, 7) is 0.672. The summed E-state index contributed by atoms with van der Waals surface area (Å²) < 4.78 is 10.6. The van der Waals surface area contributed by atoms with Crippen molar-refractivity contribution in [1.29, 1.82) is 0 Å². The number of hydrogen-bond acceptors (Lipinski definition) is 4. The van der Waals surface area contributed by atoms with Gasteiger partial charge >= 0.3 is 0 Å². The van der Waals surface area contributed by atoms with Crippen LogP contribution in [0.2, 0.25) is 0 Å². The van der Waals surface area contributed by atoms with Crippen LogP contribution in [0.3, 0.4) is 0 Å². The van der Waals surface area contributed by atoms with Crippen LogP contribution in [-0.4, -0.2) is 25.9 Å². The van der Waals surface area contributed by atoms with E-state index in [2.05, 4.69) is 5.32 Å². The van der Waals surface area contributed by atoms with E-state index in [-0.39, 0.29) is 5.75 Å². The van der Waals surface area contributed by atoms with E-state index < -0.39 is 0 Å². The summed E-state index contributed by atoms with van der Waals surface area (Å²) in [5.74, 6) is 1.70. The van der Waals surface area contributed by atoms with Crippen molar-refractivity contribution in [3.05, 3.63) is 54.1 Å². The molecule has 0 aliphatic heterocycles. The number of anilines is 1. The third kappa shape index (κ3) is 3.92. The van der Waals surface area contributed by atoms with Crippen LogP contribution in [0.25, 0.3) is 6.08 Å². The van der Waals surface area contributed by atoms with Crippen LogP contribution in [-0.2, 0) is 0 Å². The Bertz CT molecular complexity index is 606. The molecule has 0 aromatic heterocycles. The van der Waals surface area contributed by atoms with Gasteiger partial charge in [0.1, 0.15) is 5.75 Å². The van der Waals surface area contributed by atoms with Gasteiger partial charge in [-0.05, 0) is 30.3 Å². The van der Waals surface area contributed by atoms with Crippen molar-refractivity contribution in [2.24, 2.45) is 0 Å². The molecule has 0 bridgehead atoms. The zero-order valence-electron chi connectivity index (χ0n) is 12.2. The molecule has 0 saturated carbocycles. The quantitative estimate of drug-likeness (QED) is 0.797. The Kier molecular flexibility index (Phi) is 5.10. The van der Waals surface area contributed by atoms with Gasteiger partial charge in [-0.3, -0.25) is 0 Å². The Hall–Kier alpha value is -2.62. The van der Waals surface area contributed by atoms with Crippen molar-refractivity contribution in [1.82, 2.24) is 0 Å². The van der Waals surface area contributed by atoms with Crippen molar-refractivity contribution in [2.75, 3.05) is 26.1 Å². The third-order valence-electron chi connectivity index (χ3n) is 3.02. The molecule has 0 unspecified atom stereocenters. The first-order chi connectivity index (χ1) is 10.2. The second kappa shape index (κ2) is 7.24. The Balaban J connectivity index is 2.00. The normalized spacial score (nSPS) is 10.6. The molecule has 2 aromatic rings. The van der Waals surface area contributed by atoms with Crippen LogP contribution in [0, 0.1) is 0 Å². The molecule has 2 N–H and O–H groups in total. The maximum atomic E-state index is 9.22. The lowest BCUT2D eigenvalue weighted by atomic mass is 10.1. The van der Waals surface area contributed by atoms with Crippen molar-refractivity contribution in [2.45, 2.75) is 0 Å². The van der Waals surface area contributed by atoms with Gasteiger partial charge in [-0.2, -0.15) is 0 Å². The Labute approximate surface area is 124 Å². The van der Waals surface area contributed by atoms with E-state index in [9.17, 15) is 5.11 Å². The van der Waals surface area contributed by atoms with Gasteiger partial charge in [0.25, 0.3) is 0 Å². The minimum atomic E-state index is 0.261. The third-order valence-corrected chi connectivity index (χ3v) is 3.02. The molecule has 21 heavy (non-hydrogen) atoms. The number of benzene rings is 2. The van der Waals surface area contributed by atoms with Crippen LogP contribution >= 0.6 is 0 Å². The summed E-state index contributed by atoms with van der Waals surface area (Å²) in [7, 11) is 3.25. The van der Waals surface area contributed by atoms with E-state index >= 15 is 0 Å². The maximum Gasteiger partial charge on any atom is 0.167 e. The number of aromatic hydroxyl groups is 1. The summed E-state index contributed by atoms with van der Waals surface area (Å²) in [5.41, 5.74) is 1.92. The first-order valence-electron chi connectivity index (χ1n) is 6.65. The lowest BCUT2D eigenvalue weighted by Crippen LogP contribution is -1.97. The highest BCUT2D eigenvalue weighted by atomic mass is 16.5. The lowest BCUT2D eigenvalue weighted by molar-refractivity contribution is 0.354. The van der Waals surface area contributed by atoms with Crippen LogP contribution in [0.1, 0.15) is 5.56 Å². The molecule has 4 nitrogen and oxygen atoms in total. The van der Waals surface area contributed by atoms with Gasteiger partial charge in [0.05, 0.1) is 14.2 Å². The lowest BCUT2D eigenvalue weighted by Gasteiger charge is -2.10. The maximum absolute atomic E-state index is 9.22. The van der Waals surface area contributed by atoms with Crippen molar-refractivity contribution in [3.8, 4) is 17.2 Å². The summed E-state index contributed by atoms with van der Waals surface area (Å²) in [4.78, 5) is 0. The minimum Gasteiger partial charge on any atom is -0.508 e. The molecule has 0 spiro atoms. The number of phenols is 1. The molecule has 0 heterocycles. The molecule has 0 aliphatic rings. The Morgan fingerprint density at radius 1 is 1.05 bits per heavy atom. The first kappa shape index (κ1) is 14.8. The fourth-order valence-corrected chi connectivity index (χ4v) is 1.99. The SMILES string of the molecule is COc1cccc(C=CCNc2ccc(O)cc2)c1OC. The molecule has 2 rings (SSSR count). The summed E-state index contributed by atoms with van der Waals surface area (Å²) in [6.07, 6.45) is 3.99. The Morgan fingerprint density at radius 2 is 1.81 bits per heavy atom. The van der Waals surface area contributed by atoms with Gasteiger partial charge in [0.2, 0.25) is 0 Å². The highest BCUT2D eigenvalue weighted by molar-refractivity contribution is 5.62. The number of phenolic OH excluding ortho intramolecular Hbond substituents is 1. The second-order valence-corrected chi connectivity index (χ2v) is 4.41. The van der Waals surface area contributed by atoms with Crippen LogP contribution in [0.5, 0.6) is 17.2 Å². The highest BCUT2D eigenvalue weighted by Gasteiger charge is 2.06. The van der Waals surface area contributed by atoms with Gasteiger partial charge in [-0.1, -0.05) is 24.3 Å². The van der Waals surface area contributed by atoms with E-state index in [1.54, 1.807) is 26.4 Å². The average molecular weight is 285 g/mol. The average Bonchev–Trinajstić information content (AvgIpc) is 2.52. The number of hydrogen-bond donors (Lipinski definition) is 2. The monoisotopic (exact) mass is 285 g/mol. The van der Waals surface area contributed by atoms with Crippen LogP contribution in [0.4, 0.5) is 5.69 Å². The van der Waals surface area contributed by atoms with Crippen molar-refractivity contribution < 1.29 is 14.6 Å².